The Morgan fingerprint density at radius 1 is 1.31 bits per heavy atom. The maximum absolute atomic E-state index is 13.1. The van der Waals surface area contributed by atoms with Gasteiger partial charge in [0.1, 0.15) is 0 Å². The average molecular weight is 361 g/mol. The molecule has 1 aliphatic heterocycles. The van der Waals surface area contributed by atoms with Crippen molar-refractivity contribution in [3.63, 3.8) is 0 Å². The second-order valence-electron chi connectivity index (χ2n) is 6.44. The number of carbonyl (C=O) groups is 2. The van der Waals surface area contributed by atoms with E-state index >= 15 is 0 Å². The van der Waals surface area contributed by atoms with E-state index in [-0.39, 0.29) is 18.4 Å². The lowest BCUT2D eigenvalue weighted by molar-refractivity contribution is -0.137. The van der Waals surface area contributed by atoms with E-state index in [1.807, 2.05) is 11.0 Å². The number of methoxy groups -OCH3 is 2. The topological polar surface area (TPSA) is 76.1 Å². The highest BCUT2D eigenvalue weighted by Gasteiger charge is 2.29. The van der Waals surface area contributed by atoms with Gasteiger partial charge >= 0.3 is 5.97 Å². The third kappa shape index (κ3) is 4.56. The van der Waals surface area contributed by atoms with Crippen molar-refractivity contribution < 1.29 is 24.2 Å². The van der Waals surface area contributed by atoms with Crippen molar-refractivity contribution in [3.8, 4) is 11.5 Å². The van der Waals surface area contributed by atoms with Gasteiger partial charge in [0, 0.05) is 30.1 Å². The van der Waals surface area contributed by atoms with E-state index in [0.717, 1.165) is 24.8 Å². The van der Waals surface area contributed by atoms with Crippen LogP contribution in [0, 0.1) is 0 Å². The maximum Gasteiger partial charge on any atom is 0.303 e. The van der Waals surface area contributed by atoms with Gasteiger partial charge in [0.2, 0.25) is 0 Å². The monoisotopic (exact) mass is 361 g/mol. The SMILES string of the molecule is C=CCc1cc(C(=O)N2CCCCC2CCC(=O)O)cc(OC)c1OC. The van der Waals surface area contributed by atoms with Gasteiger partial charge in [0.15, 0.2) is 11.5 Å². The van der Waals surface area contributed by atoms with Crippen LogP contribution in [0.2, 0.25) is 0 Å². The van der Waals surface area contributed by atoms with E-state index in [2.05, 4.69) is 6.58 Å². The van der Waals surface area contributed by atoms with Gasteiger partial charge in [-0.25, -0.2) is 0 Å². The summed E-state index contributed by atoms with van der Waals surface area (Å²) in [5.74, 6) is 0.188. The zero-order valence-corrected chi connectivity index (χ0v) is 15.5. The van der Waals surface area contributed by atoms with E-state index in [4.69, 9.17) is 14.6 Å². The molecule has 26 heavy (non-hydrogen) atoms. The largest absolute Gasteiger partial charge is 0.493 e. The number of likely N-dealkylation sites (tertiary alicyclic amines) is 1. The van der Waals surface area contributed by atoms with Crippen LogP contribution in [0.25, 0.3) is 0 Å². The Morgan fingerprint density at radius 3 is 2.69 bits per heavy atom. The normalized spacial score (nSPS) is 16.8. The lowest BCUT2D eigenvalue weighted by atomic mass is 9.96. The standard InChI is InChI=1S/C20H27NO5/c1-4-7-14-12-15(13-17(25-2)19(14)26-3)20(24)21-11-6-5-8-16(21)9-10-18(22)23/h4,12-13,16H,1,5-11H2,2-3H3,(H,22,23). The molecule has 1 unspecified atom stereocenters. The minimum atomic E-state index is -0.831. The fourth-order valence-electron chi connectivity index (χ4n) is 3.50. The van der Waals surface area contributed by atoms with Gasteiger partial charge in [-0.2, -0.15) is 0 Å². The zero-order valence-electron chi connectivity index (χ0n) is 15.5. The van der Waals surface area contributed by atoms with Crippen molar-refractivity contribution in [1.29, 1.82) is 0 Å². The second kappa shape index (κ2) is 9.27. The number of piperidine rings is 1. The Kier molecular flexibility index (Phi) is 7.06. The summed E-state index contributed by atoms with van der Waals surface area (Å²) in [5.41, 5.74) is 1.37. The molecule has 1 atom stereocenters. The van der Waals surface area contributed by atoms with Crippen molar-refractivity contribution in [3.05, 3.63) is 35.9 Å². The van der Waals surface area contributed by atoms with E-state index in [1.54, 1.807) is 26.4 Å². The quantitative estimate of drug-likeness (QED) is 0.719. The molecule has 1 amide bonds. The molecule has 1 heterocycles. The molecule has 1 saturated heterocycles. The van der Waals surface area contributed by atoms with Crippen LogP contribution in [0.4, 0.5) is 0 Å². The van der Waals surface area contributed by atoms with Gasteiger partial charge in [-0.3, -0.25) is 9.59 Å². The van der Waals surface area contributed by atoms with Gasteiger partial charge in [0.05, 0.1) is 14.2 Å². The fourth-order valence-corrected chi connectivity index (χ4v) is 3.50. The molecule has 0 aromatic heterocycles. The van der Waals surface area contributed by atoms with E-state index in [9.17, 15) is 9.59 Å². The van der Waals surface area contributed by atoms with Crippen LogP contribution in [0.15, 0.2) is 24.8 Å². The first-order chi connectivity index (χ1) is 12.5. The van der Waals surface area contributed by atoms with Crippen LogP contribution >= 0.6 is 0 Å². The smallest absolute Gasteiger partial charge is 0.303 e. The number of carboxylic acid groups (broad SMARTS) is 1. The van der Waals surface area contributed by atoms with Crippen LogP contribution in [0.3, 0.4) is 0 Å². The van der Waals surface area contributed by atoms with Crippen molar-refractivity contribution >= 4 is 11.9 Å². The van der Waals surface area contributed by atoms with Gasteiger partial charge in [-0.1, -0.05) is 6.08 Å². The highest BCUT2D eigenvalue weighted by molar-refractivity contribution is 5.95. The highest BCUT2D eigenvalue weighted by atomic mass is 16.5. The van der Waals surface area contributed by atoms with Crippen LogP contribution < -0.4 is 9.47 Å². The molecule has 142 valence electrons. The molecule has 0 radical (unpaired) electrons. The molecule has 1 aliphatic rings. The molecule has 0 bridgehead atoms. The van der Waals surface area contributed by atoms with Crippen molar-refractivity contribution in [2.75, 3.05) is 20.8 Å². The third-order valence-corrected chi connectivity index (χ3v) is 4.75. The Labute approximate surface area is 154 Å². The van der Waals surface area contributed by atoms with Crippen molar-refractivity contribution in [1.82, 2.24) is 4.90 Å². The number of carboxylic acids is 1. The third-order valence-electron chi connectivity index (χ3n) is 4.75. The first-order valence-corrected chi connectivity index (χ1v) is 8.90. The Balaban J connectivity index is 2.32. The number of amides is 1. The first kappa shape index (κ1) is 19.8. The van der Waals surface area contributed by atoms with Gasteiger partial charge in [0.25, 0.3) is 5.91 Å². The lowest BCUT2D eigenvalue weighted by Gasteiger charge is -2.36. The Bertz CT molecular complexity index is 670. The molecule has 0 saturated carbocycles. The zero-order chi connectivity index (χ0) is 19.1. The van der Waals surface area contributed by atoms with E-state index in [0.29, 0.717) is 36.4 Å². The summed E-state index contributed by atoms with van der Waals surface area (Å²) in [5, 5.41) is 8.96. The minimum Gasteiger partial charge on any atom is -0.493 e. The summed E-state index contributed by atoms with van der Waals surface area (Å²) in [6.45, 7) is 4.40. The van der Waals surface area contributed by atoms with Gasteiger partial charge < -0.3 is 19.5 Å². The summed E-state index contributed by atoms with van der Waals surface area (Å²) < 4.78 is 10.8. The van der Waals surface area contributed by atoms with Crippen LogP contribution in [0.5, 0.6) is 11.5 Å². The number of benzene rings is 1. The highest BCUT2D eigenvalue weighted by Crippen LogP contribution is 2.34. The Morgan fingerprint density at radius 2 is 2.08 bits per heavy atom. The number of aliphatic carboxylic acids is 1. The maximum atomic E-state index is 13.1. The molecule has 1 aromatic rings. The molecule has 0 aliphatic carbocycles. The van der Waals surface area contributed by atoms with Crippen LogP contribution in [-0.4, -0.2) is 48.7 Å². The van der Waals surface area contributed by atoms with Crippen molar-refractivity contribution in [2.24, 2.45) is 0 Å². The predicted molar refractivity (Wildman–Crippen MR) is 99.0 cm³/mol. The number of allylic oxidation sites excluding steroid dienone is 1. The van der Waals surface area contributed by atoms with Crippen LogP contribution in [-0.2, 0) is 11.2 Å². The summed E-state index contributed by atoms with van der Waals surface area (Å²) in [6, 6.07) is 3.47. The fraction of sp³-hybridized carbons (Fsp3) is 0.500. The summed E-state index contributed by atoms with van der Waals surface area (Å²) >= 11 is 0. The number of ether oxygens (including phenoxy) is 2. The molecule has 6 nitrogen and oxygen atoms in total. The molecule has 2 rings (SSSR count). The minimum absolute atomic E-state index is 0.0386. The number of nitrogens with zero attached hydrogens (tertiary/aromatic N) is 1. The van der Waals surface area contributed by atoms with Crippen LogP contribution in [0.1, 0.15) is 48.0 Å². The first-order valence-electron chi connectivity index (χ1n) is 8.90. The number of rotatable bonds is 8. The predicted octanol–water partition coefficient (Wildman–Crippen LogP) is 3.29. The molecule has 1 aromatic carbocycles. The molecule has 0 spiro atoms. The molecule has 1 fully saturated rings. The Hall–Kier alpha value is -2.50. The number of hydrogen-bond acceptors (Lipinski definition) is 4. The average Bonchev–Trinajstić information content (AvgIpc) is 2.65. The summed E-state index contributed by atoms with van der Waals surface area (Å²) in [6.07, 6.45) is 5.65. The molecule has 6 heteroatoms. The van der Waals surface area contributed by atoms with Gasteiger partial charge in [-0.05, 0) is 44.2 Å². The van der Waals surface area contributed by atoms with E-state index < -0.39 is 5.97 Å². The van der Waals surface area contributed by atoms with Gasteiger partial charge in [-0.15, -0.1) is 6.58 Å². The molecular formula is C20H27NO5. The molecular weight excluding hydrogens is 334 g/mol. The summed E-state index contributed by atoms with van der Waals surface area (Å²) in [4.78, 5) is 25.9. The van der Waals surface area contributed by atoms with Crippen molar-refractivity contribution in [2.45, 2.75) is 44.6 Å². The number of hydrogen-bond donors (Lipinski definition) is 1. The molecule has 1 N–H and O–H groups in total. The lowest BCUT2D eigenvalue weighted by Crippen LogP contribution is -2.44. The number of carbonyl (C=O) groups excluding carboxylic acids is 1. The second-order valence-corrected chi connectivity index (χ2v) is 6.44. The summed E-state index contributed by atoms with van der Waals surface area (Å²) in [7, 11) is 3.11. The van der Waals surface area contributed by atoms with E-state index in [1.165, 1.54) is 0 Å².